The minimum atomic E-state index is -0.296. The molecular weight excluding hydrogens is 380 g/mol. The number of urea groups is 1. The average molecular weight is 402 g/mol. The Morgan fingerprint density at radius 3 is 2.53 bits per heavy atom. The van der Waals surface area contributed by atoms with Crippen LogP contribution in [0.25, 0.3) is 0 Å². The van der Waals surface area contributed by atoms with Gasteiger partial charge in [0.2, 0.25) is 5.56 Å². The highest BCUT2D eigenvalue weighted by molar-refractivity contribution is 5.89. The molecule has 0 unspecified atom stereocenters. The number of carbonyl (C=O) groups excluding carboxylic acids is 1. The van der Waals surface area contributed by atoms with E-state index in [1.165, 1.54) is 6.07 Å². The van der Waals surface area contributed by atoms with Crippen LogP contribution in [0.5, 0.6) is 11.5 Å². The predicted molar refractivity (Wildman–Crippen MR) is 115 cm³/mol. The van der Waals surface area contributed by atoms with Gasteiger partial charge in [-0.1, -0.05) is 18.2 Å². The SMILES string of the molecule is N#Cc1ccccc1Oc1ccc(NC(=O)NCCCCn2ccccc2=O)cc1. The molecular formula is C23H22N4O3. The van der Waals surface area contributed by atoms with Crippen LogP contribution in [0.2, 0.25) is 0 Å². The van der Waals surface area contributed by atoms with Crippen LogP contribution >= 0.6 is 0 Å². The number of pyridine rings is 1. The van der Waals surface area contributed by atoms with Crippen molar-refractivity contribution < 1.29 is 9.53 Å². The lowest BCUT2D eigenvalue weighted by atomic mass is 10.2. The summed E-state index contributed by atoms with van der Waals surface area (Å²) in [7, 11) is 0. The molecule has 1 aromatic heterocycles. The fourth-order valence-corrected chi connectivity index (χ4v) is 2.81. The van der Waals surface area contributed by atoms with Crippen molar-refractivity contribution >= 4 is 11.7 Å². The number of ether oxygens (including phenoxy) is 1. The molecule has 0 bridgehead atoms. The third kappa shape index (κ3) is 5.97. The first-order valence-electron chi connectivity index (χ1n) is 9.63. The summed E-state index contributed by atoms with van der Waals surface area (Å²) >= 11 is 0. The topological polar surface area (TPSA) is 96.1 Å². The Balaban J connectivity index is 1.40. The quantitative estimate of drug-likeness (QED) is 0.554. The molecule has 3 rings (SSSR count). The first-order chi connectivity index (χ1) is 14.7. The van der Waals surface area contributed by atoms with Gasteiger partial charge < -0.3 is 19.9 Å². The molecule has 2 aromatic carbocycles. The fourth-order valence-electron chi connectivity index (χ4n) is 2.81. The van der Waals surface area contributed by atoms with Crippen molar-refractivity contribution in [2.45, 2.75) is 19.4 Å². The van der Waals surface area contributed by atoms with Crippen LogP contribution in [0.4, 0.5) is 10.5 Å². The number of amides is 2. The van der Waals surface area contributed by atoms with Gasteiger partial charge in [0.1, 0.15) is 17.6 Å². The van der Waals surface area contributed by atoms with E-state index in [4.69, 9.17) is 10.00 Å². The molecule has 7 nitrogen and oxygen atoms in total. The maximum absolute atomic E-state index is 12.0. The Hall–Kier alpha value is -4.05. The molecule has 2 N–H and O–H groups in total. The van der Waals surface area contributed by atoms with E-state index < -0.39 is 0 Å². The van der Waals surface area contributed by atoms with E-state index in [0.717, 1.165) is 12.8 Å². The summed E-state index contributed by atoms with van der Waals surface area (Å²) in [5.41, 5.74) is 1.06. The van der Waals surface area contributed by atoms with Crippen molar-refractivity contribution in [2.75, 3.05) is 11.9 Å². The number of rotatable bonds is 8. The lowest BCUT2D eigenvalue weighted by molar-refractivity contribution is 0.252. The number of hydrogen-bond acceptors (Lipinski definition) is 4. The predicted octanol–water partition coefficient (Wildman–Crippen LogP) is 4.11. The molecule has 0 atom stereocenters. The minimum absolute atomic E-state index is 0.0215. The van der Waals surface area contributed by atoms with Crippen LogP contribution in [-0.4, -0.2) is 17.1 Å². The number of anilines is 1. The second-order valence-corrected chi connectivity index (χ2v) is 6.55. The number of para-hydroxylation sites is 1. The highest BCUT2D eigenvalue weighted by Gasteiger charge is 2.05. The number of aryl methyl sites for hydroxylation is 1. The summed E-state index contributed by atoms with van der Waals surface area (Å²) in [5, 5.41) is 14.7. The maximum Gasteiger partial charge on any atom is 0.319 e. The molecule has 3 aromatic rings. The molecule has 0 radical (unpaired) electrons. The molecule has 0 aliphatic heterocycles. The van der Waals surface area contributed by atoms with Crippen LogP contribution < -0.4 is 20.9 Å². The summed E-state index contributed by atoms with van der Waals surface area (Å²) in [4.78, 5) is 23.6. The van der Waals surface area contributed by atoms with Gasteiger partial charge in [-0.15, -0.1) is 0 Å². The standard InChI is InChI=1S/C23H22N4O3/c24-17-18-7-1-2-8-21(18)30-20-12-10-19(11-13-20)26-23(29)25-14-4-6-16-27-15-5-3-9-22(27)28/h1-3,5,7-13,15H,4,6,14,16H2,(H2,25,26,29). The van der Waals surface area contributed by atoms with E-state index in [1.807, 2.05) is 6.07 Å². The van der Waals surface area contributed by atoms with Crippen molar-refractivity contribution in [3.63, 3.8) is 0 Å². The molecule has 0 aliphatic rings. The smallest absolute Gasteiger partial charge is 0.319 e. The second kappa shape index (κ2) is 10.5. The maximum atomic E-state index is 12.0. The van der Waals surface area contributed by atoms with Gasteiger partial charge in [-0.05, 0) is 55.3 Å². The molecule has 0 aliphatic carbocycles. The molecule has 30 heavy (non-hydrogen) atoms. The average Bonchev–Trinajstić information content (AvgIpc) is 2.76. The lowest BCUT2D eigenvalue weighted by Crippen LogP contribution is -2.29. The zero-order chi connectivity index (χ0) is 21.2. The third-order valence-corrected chi connectivity index (χ3v) is 4.36. The van der Waals surface area contributed by atoms with Crippen molar-refractivity contribution in [1.29, 1.82) is 5.26 Å². The van der Waals surface area contributed by atoms with E-state index in [0.29, 0.717) is 35.8 Å². The Kier molecular flexibility index (Phi) is 7.23. The Labute approximate surface area is 174 Å². The highest BCUT2D eigenvalue weighted by atomic mass is 16.5. The van der Waals surface area contributed by atoms with Crippen molar-refractivity contribution in [1.82, 2.24) is 9.88 Å². The van der Waals surface area contributed by atoms with Crippen molar-refractivity contribution in [3.05, 3.63) is 88.8 Å². The number of nitrogens with zero attached hydrogens (tertiary/aromatic N) is 2. The molecule has 0 fully saturated rings. The lowest BCUT2D eigenvalue weighted by Gasteiger charge is -2.10. The largest absolute Gasteiger partial charge is 0.456 e. The first-order valence-corrected chi connectivity index (χ1v) is 9.63. The summed E-state index contributed by atoms with van der Waals surface area (Å²) in [6.45, 7) is 1.14. The molecule has 0 saturated carbocycles. The first kappa shape index (κ1) is 20.7. The van der Waals surface area contributed by atoms with Gasteiger partial charge in [-0.2, -0.15) is 5.26 Å². The van der Waals surface area contributed by atoms with Crippen LogP contribution in [0.3, 0.4) is 0 Å². The Bertz CT molecular complexity index is 1080. The Morgan fingerprint density at radius 1 is 1.00 bits per heavy atom. The number of hydrogen-bond donors (Lipinski definition) is 2. The zero-order valence-corrected chi connectivity index (χ0v) is 16.4. The molecule has 1 heterocycles. The zero-order valence-electron chi connectivity index (χ0n) is 16.4. The number of benzene rings is 2. The monoisotopic (exact) mass is 402 g/mol. The number of carbonyl (C=O) groups is 1. The number of unbranched alkanes of at least 4 members (excludes halogenated alkanes) is 1. The van der Waals surface area contributed by atoms with Gasteiger partial charge in [-0.25, -0.2) is 4.79 Å². The molecule has 2 amide bonds. The molecule has 0 saturated heterocycles. The number of nitrogens with one attached hydrogen (secondary N) is 2. The van der Waals surface area contributed by atoms with Crippen LogP contribution in [0.1, 0.15) is 18.4 Å². The van der Waals surface area contributed by atoms with Crippen LogP contribution in [0.15, 0.2) is 77.7 Å². The van der Waals surface area contributed by atoms with Gasteiger partial charge in [0, 0.05) is 31.0 Å². The fraction of sp³-hybridized carbons (Fsp3) is 0.174. The van der Waals surface area contributed by atoms with Gasteiger partial charge in [0.15, 0.2) is 0 Å². The number of aromatic nitrogens is 1. The number of nitriles is 1. The van der Waals surface area contributed by atoms with Crippen molar-refractivity contribution in [2.24, 2.45) is 0 Å². The van der Waals surface area contributed by atoms with E-state index >= 15 is 0 Å². The third-order valence-electron chi connectivity index (χ3n) is 4.36. The van der Waals surface area contributed by atoms with Gasteiger partial charge in [0.25, 0.3) is 0 Å². The van der Waals surface area contributed by atoms with E-state index in [-0.39, 0.29) is 11.6 Å². The molecule has 7 heteroatoms. The molecule has 152 valence electrons. The van der Waals surface area contributed by atoms with Gasteiger partial charge in [-0.3, -0.25) is 4.79 Å². The Morgan fingerprint density at radius 2 is 1.77 bits per heavy atom. The normalized spacial score (nSPS) is 10.1. The van der Waals surface area contributed by atoms with E-state index in [2.05, 4.69) is 16.7 Å². The summed E-state index contributed by atoms with van der Waals surface area (Å²) in [6, 6.07) is 20.8. The van der Waals surface area contributed by atoms with Gasteiger partial charge in [0.05, 0.1) is 5.56 Å². The molecule has 0 spiro atoms. The summed E-state index contributed by atoms with van der Waals surface area (Å²) in [5.74, 6) is 1.05. The summed E-state index contributed by atoms with van der Waals surface area (Å²) < 4.78 is 7.37. The summed E-state index contributed by atoms with van der Waals surface area (Å²) in [6.07, 6.45) is 3.31. The van der Waals surface area contributed by atoms with E-state index in [9.17, 15) is 9.59 Å². The minimum Gasteiger partial charge on any atom is -0.456 e. The van der Waals surface area contributed by atoms with E-state index in [1.54, 1.807) is 65.4 Å². The van der Waals surface area contributed by atoms with Gasteiger partial charge >= 0.3 is 6.03 Å². The van der Waals surface area contributed by atoms with Crippen LogP contribution in [-0.2, 0) is 6.54 Å². The van der Waals surface area contributed by atoms with Crippen molar-refractivity contribution in [3.8, 4) is 17.6 Å². The van der Waals surface area contributed by atoms with Crippen LogP contribution in [0, 0.1) is 11.3 Å². The highest BCUT2D eigenvalue weighted by Crippen LogP contribution is 2.25. The second-order valence-electron chi connectivity index (χ2n) is 6.55.